The second-order valence-corrected chi connectivity index (χ2v) is 4.49. The molecule has 0 saturated carbocycles. The smallest absolute Gasteiger partial charge is 0.352 e. The van der Waals surface area contributed by atoms with Crippen molar-refractivity contribution in [3.05, 3.63) is 16.7 Å². The van der Waals surface area contributed by atoms with Crippen LogP contribution in [0.25, 0.3) is 0 Å². The summed E-state index contributed by atoms with van der Waals surface area (Å²) in [5.74, 6) is -0.810. The fraction of sp³-hybridized carbons (Fsp3) is 0.600. The van der Waals surface area contributed by atoms with Crippen LogP contribution in [0.5, 0.6) is 5.75 Å². The SMILES string of the molecule is C[C@@]1(n2cc(O)c(N)nc2=O)O[C@H](CO)[C@@H](O)[C@H]1O. The van der Waals surface area contributed by atoms with Crippen molar-refractivity contribution in [1.82, 2.24) is 9.55 Å². The van der Waals surface area contributed by atoms with Gasteiger partial charge in [-0.2, -0.15) is 4.98 Å². The molecule has 19 heavy (non-hydrogen) atoms. The topological polar surface area (TPSA) is 151 Å². The molecule has 0 spiro atoms. The zero-order chi connectivity index (χ0) is 14.4. The third-order valence-corrected chi connectivity index (χ3v) is 3.24. The number of ether oxygens (including phenoxy) is 1. The Labute approximate surface area is 107 Å². The van der Waals surface area contributed by atoms with Crippen LogP contribution in [0.4, 0.5) is 5.82 Å². The molecule has 1 aliphatic heterocycles. The van der Waals surface area contributed by atoms with E-state index in [1.807, 2.05) is 0 Å². The molecule has 2 heterocycles. The molecule has 1 aromatic rings. The summed E-state index contributed by atoms with van der Waals surface area (Å²) >= 11 is 0. The molecule has 2 rings (SSSR count). The zero-order valence-electron chi connectivity index (χ0n) is 10.1. The van der Waals surface area contributed by atoms with Crippen molar-refractivity contribution in [2.24, 2.45) is 0 Å². The van der Waals surface area contributed by atoms with Crippen molar-refractivity contribution in [2.75, 3.05) is 12.3 Å². The molecule has 0 amide bonds. The molecule has 0 aromatic carbocycles. The lowest BCUT2D eigenvalue weighted by Gasteiger charge is -2.29. The van der Waals surface area contributed by atoms with Crippen molar-refractivity contribution in [3.8, 4) is 5.75 Å². The number of anilines is 1. The summed E-state index contributed by atoms with van der Waals surface area (Å²) in [7, 11) is 0. The summed E-state index contributed by atoms with van der Waals surface area (Å²) in [6, 6.07) is 0. The Balaban J connectivity index is 2.52. The van der Waals surface area contributed by atoms with Crippen LogP contribution in [0.15, 0.2) is 11.0 Å². The molecule has 0 unspecified atom stereocenters. The largest absolute Gasteiger partial charge is 0.503 e. The Kier molecular flexibility index (Phi) is 3.22. The monoisotopic (exact) mass is 273 g/mol. The first-order chi connectivity index (χ1) is 8.81. The predicted molar refractivity (Wildman–Crippen MR) is 62.2 cm³/mol. The molecule has 9 heteroatoms. The molecule has 9 nitrogen and oxygen atoms in total. The zero-order valence-corrected chi connectivity index (χ0v) is 10.1. The number of hydrogen-bond donors (Lipinski definition) is 5. The molecule has 0 bridgehead atoms. The van der Waals surface area contributed by atoms with Crippen LogP contribution < -0.4 is 11.4 Å². The maximum atomic E-state index is 11.8. The van der Waals surface area contributed by atoms with Gasteiger partial charge < -0.3 is 30.9 Å². The van der Waals surface area contributed by atoms with Crippen LogP contribution in [-0.2, 0) is 10.5 Å². The Morgan fingerprint density at radius 3 is 2.74 bits per heavy atom. The Morgan fingerprint density at radius 1 is 1.58 bits per heavy atom. The summed E-state index contributed by atoms with van der Waals surface area (Å²) in [4.78, 5) is 15.1. The summed E-state index contributed by atoms with van der Waals surface area (Å²) in [6.45, 7) is 0.798. The minimum Gasteiger partial charge on any atom is -0.503 e. The molecule has 1 aromatic heterocycles. The van der Waals surface area contributed by atoms with Crippen LogP contribution >= 0.6 is 0 Å². The number of aliphatic hydroxyl groups is 3. The van der Waals surface area contributed by atoms with Crippen LogP contribution in [0.2, 0.25) is 0 Å². The predicted octanol–water partition coefficient (Wildman–Crippen LogP) is -2.68. The number of aromatic hydroxyl groups is 1. The van der Waals surface area contributed by atoms with Crippen molar-refractivity contribution >= 4 is 5.82 Å². The summed E-state index contributed by atoms with van der Waals surface area (Å²) in [5, 5.41) is 38.2. The van der Waals surface area contributed by atoms with Gasteiger partial charge in [0.05, 0.1) is 12.8 Å². The van der Waals surface area contributed by atoms with Gasteiger partial charge >= 0.3 is 5.69 Å². The highest BCUT2D eigenvalue weighted by molar-refractivity contribution is 5.41. The lowest BCUT2D eigenvalue weighted by atomic mass is 10.0. The van der Waals surface area contributed by atoms with E-state index in [1.165, 1.54) is 6.92 Å². The van der Waals surface area contributed by atoms with Crippen LogP contribution in [0.3, 0.4) is 0 Å². The van der Waals surface area contributed by atoms with Crippen molar-refractivity contribution < 1.29 is 25.2 Å². The molecule has 0 radical (unpaired) electrons. The van der Waals surface area contributed by atoms with Crippen LogP contribution in [0, 0.1) is 0 Å². The first-order valence-corrected chi connectivity index (χ1v) is 5.54. The van der Waals surface area contributed by atoms with E-state index >= 15 is 0 Å². The van der Waals surface area contributed by atoms with Gasteiger partial charge in [-0.25, -0.2) is 4.79 Å². The first kappa shape index (κ1) is 13.7. The van der Waals surface area contributed by atoms with Gasteiger partial charge in [-0.15, -0.1) is 0 Å². The second kappa shape index (κ2) is 4.46. The van der Waals surface area contributed by atoms with E-state index in [-0.39, 0.29) is 5.82 Å². The van der Waals surface area contributed by atoms with E-state index in [1.54, 1.807) is 0 Å². The van der Waals surface area contributed by atoms with Gasteiger partial charge in [0.2, 0.25) is 0 Å². The average Bonchev–Trinajstić information content (AvgIpc) is 2.59. The van der Waals surface area contributed by atoms with E-state index in [4.69, 9.17) is 15.6 Å². The van der Waals surface area contributed by atoms with Gasteiger partial charge in [0.15, 0.2) is 17.3 Å². The van der Waals surface area contributed by atoms with Gasteiger partial charge in [0.1, 0.15) is 18.3 Å². The highest BCUT2D eigenvalue weighted by atomic mass is 16.6. The summed E-state index contributed by atoms with van der Waals surface area (Å²) in [6.07, 6.45) is -2.94. The Bertz CT molecular complexity index is 547. The molecular weight excluding hydrogens is 258 g/mol. The maximum absolute atomic E-state index is 11.8. The summed E-state index contributed by atoms with van der Waals surface area (Å²) < 4.78 is 6.13. The Morgan fingerprint density at radius 2 is 2.21 bits per heavy atom. The van der Waals surface area contributed by atoms with Crippen LogP contribution in [-0.4, -0.2) is 54.9 Å². The first-order valence-electron chi connectivity index (χ1n) is 5.54. The van der Waals surface area contributed by atoms with Gasteiger partial charge in [0.25, 0.3) is 0 Å². The lowest BCUT2D eigenvalue weighted by molar-refractivity contribution is -0.137. The highest BCUT2D eigenvalue weighted by Crippen LogP contribution is 2.35. The van der Waals surface area contributed by atoms with Crippen LogP contribution in [0.1, 0.15) is 6.92 Å². The van der Waals surface area contributed by atoms with E-state index in [0.717, 1.165) is 10.8 Å². The van der Waals surface area contributed by atoms with Gasteiger partial charge in [0, 0.05) is 0 Å². The number of rotatable bonds is 2. The average molecular weight is 273 g/mol. The normalized spacial score (nSPS) is 34.6. The molecule has 1 saturated heterocycles. The fourth-order valence-electron chi connectivity index (χ4n) is 2.09. The second-order valence-electron chi connectivity index (χ2n) is 4.49. The highest BCUT2D eigenvalue weighted by Gasteiger charge is 2.52. The van der Waals surface area contributed by atoms with Crippen molar-refractivity contribution in [3.63, 3.8) is 0 Å². The van der Waals surface area contributed by atoms with E-state index < -0.39 is 42.1 Å². The minimum absolute atomic E-state index is 0.350. The minimum atomic E-state index is -1.66. The van der Waals surface area contributed by atoms with E-state index in [2.05, 4.69) is 4.98 Å². The number of nitrogens with two attached hydrogens (primary N) is 1. The van der Waals surface area contributed by atoms with Gasteiger partial charge in [-0.05, 0) is 6.92 Å². The molecule has 1 aliphatic rings. The van der Waals surface area contributed by atoms with Crippen molar-refractivity contribution in [2.45, 2.75) is 31.0 Å². The number of nitrogen functional groups attached to an aromatic ring is 1. The number of nitrogens with zero attached hydrogens (tertiary/aromatic N) is 2. The molecular formula is C10H15N3O6. The number of hydrogen-bond acceptors (Lipinski definition) is 8. The maximum Gasteiger partial charge on any atom is 0.352 e. The van der Waals surface area contributed by atoms with Gasteiger partial charge in [-0.1, -0.05) is 0 Å². The number of aromatic nitrogens is 2. The molecule has 0 aliphatic carbocycles. The molecule has 4 atom stereocenters. The third-order valence-electron chi connectivity index (χ3n) is 3.24. The van der Waals surface area contributed by atoms with E-state index in [0.29, 0.717) is 0 Å². The summed E-state index contributed by atoms with van der Waals surface area (Å²) in [5.41, 5.74) is 2.76. The molecule has 6 N–H and O–H groups in total. The Hall–Kier alpha value is -1.68. The number of aliphatic hydroxyl groups excluding tert-OH is 3. The van der Waals surface area contributed by atoms with Crippen molar-refractivity contribution in [1.29, 1.82) is 0 Å². The third kappa shape index (κ3) is 1.96. The standard InChI is InChI=1S/C10H15N3O6/c1-10(7(17)6(16)5(3-14)19-10)13-2-4(15)8(11)12-9(13)18/h2,5-7,14-17H,3H2,1H3,(H2,11,12,18)/t5-,6-,7-,10-/m1/s1. The fourth-order valence-corrected chi connectivity index (χ4v) is 2.09. The molecule has 106 valence electrons. The quantitative estimate of drug-likeness (QED) is 0.391. The van der Waals surface area contributed by atoms with E-state index in [9.17, 15) is 20.1 Å². The van der Waals surface area contributed by atoms with Gasteiger partial charge in [-0.3, -0.25) is 4.57 Å². The lowest BCUT2D eigenvalue weighted by Crippen LogP contribution is -2.48. The molecule has 1 fully saturated rings.